The summed E-state index contributed by atoms with van der Waals surface area (Å²) in [6.45, 7) is 8.59. The lowest BCUT2D eigenvalue weighted by Gasteiger charge is -2.15. The maximum Gasteiger partial charge on any atom is 0.203 e. The van der Waals surface area contributed by atoms with Crippen LogP contribution in [0.25, 0.3) is 0 Å². The molecule has 0 aromatic heterocycles. The van der Waals surface area contributed by atoms with Crippen molar-refractivity contribution in [1.82, 2.24) is 10.6 Å². The molecule has 2 rings (SSSR count). The van der Waals surface area contributed by atoms with Crippen molar-refractivity contribution >= 4 is 5.96 Å². The standard InChI is InChI=1S/C22H31N3O3/c1-6-23-22(24-14-17-10-8-16(3)9-11-17)25-15-18-12-19(26-4)21(28-7-2)20(13-18)27-5/h8-13H,6-7,14-15H2,1-5H3,(H2,23,24,25). The molecule has 0 spiro atoms. The molecule has 2 aromatic carbocycles. The van der Waals surface area contributed by atoms with Crippen molar-refractivity contribution in [2.24, 2.45) is 4.99 Å². The van der Waals surface area contributed by atoms with Crippen LogP contribution in [0.3, 0.4) is 0 Å². The van der Waals surface area contributed by atoms with Crippen molar-refractivity contribution in [2.75, 3.05) is 27.4 Å². The summed E-state index contributed by atoms with van der Waals surface area (Å²) < 4.78 is 16.6. The van der Waals surface area contributed by atoms with E-state index in [9.17, 15) is 0 Å². The van der Waals surface area contributed by atoms with E-state index in [-0.39, 0.29) is 0 Å². The summed E-state index contributed by atoms with van der Waals surface area (Å²) in [6, 6.07) is 12.3. The van der Waals surface area contributed by atoms with E-state index in [0.29, 0.717) is 36.9 Å². The molecule has 0 heterocycles. The van der Waals surface area contributed by atoms with Crippen molar-refractivity contribution in [3.8, 4) is 17.2 Å². The number of benzene rings is 2. The first-order valence-corrected chi connectivity index (χ1v) is 9.56. The van der Waals surface area contributed by atoms with Crippen LogP contribution in [-0.2, 0) is 13.1 Å². The molecule has 0 fully saturated rings. The smallest absolute Gasteiger partial charge is 0.203 e. The Kier molecular flexibility index (Phi) is 8.46. The fourth-order valence-electron chi connectivity index (χ4n) is 2.72. The van der Waals surface area contributed by atoms with Gasteiger partial charge < -0.3 is 24.8 Å². The zero-order valence-corrected chi connectivity index (χ0v) is 17.5. The third-order valence-corrected chi connectivity index (χ3v) is 4.15. The predicted molar refractivity (Wildman–Crippen MR) is 114 cm³/mol. The van der Waals surface area contributed by atoms with E-state index in [1.807, 2.05) is 26.0 Å². The first kappa shape index (κ1) is 21.4. The molecular weight excluding hydrogens is 354 g/mol. The Morgan fingerprint density at radius 3 is 2.11 bits per heavy atom. The van der Waals surface area contributed by atoms with E-state index in [2.05, 4.69) is 46.8 Å². The van der Waals surface area contributed by atoms with Crippen LogP contribution < -0.4 is 24.8 Å². The Hall–Kier alpha value is -2.89. The molecule has 6 nitrogen and oxygen atoms in total. The molecule has 0 saturated heterocycles. The Bertz CT molecular complexity index is 748. The monoisotopic (exact) mass is 385 g/mol. The summed E-state index contributed by atoms with van der Waals surface area (Å²) >= 11 is 0. The van der Waals surface area contributed by atoms with E-state index in [4.69, 9.17) is 14.2 Å². The maximum atomic E-state index is 5.65. The lowest BCUT2D eigenvalue weighted by Crippen LogP contribution is -2.36. The average molecular weight is 386 g/mol. The van der Waals surface area contributed by atoms with Crippen molar-refractivity contribution in [3.05, 3.63) is 53.1 Å². The molecule has 0 aliphatic heterocycles. The fourth-order valence-corrected chi connectivity index (χ4v) is 2.72. The average Bonchev–Trinajstić information content (AvgIpc) is 2.71. The fraction of sp³-hybridized carbons (Fsp3) is 0.409. The van der Waals surface area contributed by atoms with Gasteiger partial charge in [0, 0.05) is 13.1 Å². The van der Waals surface area contributed by atoms with Crippen LogP contribution in [-0.4, -0.2) is 33.3 Å². The van der Waals surface area contributed by atoms with Gasteiger partial charge in [0.05, 0.1) is 27.4 Å². The highest BCUT2D eigenvalue weighted by Crippen LogP contribution is 2.38. The Labute approximate surface area is 167 Å². The van der Waals surface area contributed by atoms with Crippen LogP contribution in [0.2, 0.25) is 0 Å². The minimum atomic E-state index is 0.488. The molecule has 2 aromatic rings. The molecule has 0 saturated carbocycles. The lowest BCUT2D eigenvalue weighted by molar-refractivity contribution is 0.288. The van der Waals surface area contributed by atoms with Gasteiger partial charge in [0.2, 0.25) is 5.75 Å². The molecule has 0 bridgehead atoms. The molecule has 0 aliphatic carbocycles. The maximum absolute atomic E-state index is 5.65. The topological polar surface area (TPSA) is 64.1 Å². The van der Waals surface area contributed by atoms with Crippen LogP contribution in [0.15, 0.2) is 41.4 Å². The minimum Gasteiger partial charge on any atom is -0.493 e. The predicted octanol–water partition coefficient (Wildman–Crippen LogP) is 3.67. The Morgan fingerprint density at radius 2 is 1.57 bits per heavy atom. The van der Waals surface area contributed by atoms with Crippen LogP contribution in [0.4, 0.5) is 0 Å². The zero-order valence-electron chi connectivity index (χ0n) is 17.5. The van der Waals surface area contributed by atoms with Crippen molar-refractivity contribution < 1.29 is 14.2 Å². The second-order valence-corrected chi connectivity index (χ2v) is 6.30. The number of methoxy groups -OCH3 is 2. The molecule has 0 aliphatic rings. The van der Waals surface area contributed by atoms with E-state index < -0.39 is 0 Å². The number of hydrogen-bond acceptors (Lipinski definition) is 4. The number of nitrogens with zero attached hydrogens (tertiary/aromatic N) is 1. The molecule has 2 N–H and O–H groups in total. The summed E-state index contributed by atoms with van der Waals surface area (Å²) in [5.74, 6) is 2.66. The van der Waals surface area contributed by atoms with Crippen molar-refractivity contribution in [3.63, 3.8) is 0 Å². The summed E-state index contributed by atoms with van der Waals surface area (Å²) in [5, 5.41) is 6.64. The van der Waals surface area contributed by atoms with Crippen LogP contribution in [0.5, 0.6) is 17.2 Å². The Morgan fingerprint density at radius 1 is 0.929 bits per heavy atom. The van der Waals surface area contributed by atoms with Gasteiger partial charge >= 0.3 is 0 Å². The molecule has 152 valence electrons. The number of ether oxygens (including phenoxy) is 3. The SMILES string of the molecule is CCNC(=NCc1cc(OC)c(OCC)c(OC)c1)NCc1ccc(C)cc1. The molecule has 0 atom stereocenters. The normalized spacial score (nSPS) is 11.1. The quantitative estimate of drug-likeness (QED) is 0.509. The van der Waals surface area contributed by atoms with Crippen LogP contribution >= 0.6 is 0 Å². The summed E-state index contributed by atoms with van der Waals surface area (Å²) in [7, 11) is 3.25. The highest BCUT2D eigenvalue weighted by Gasteiger charge is 2.13. The van der Waals surface area contributed by atoms with E-state index >= 15 is 0 Å². The van der Waals surface area contributed by atoms with Gasteiger partial charge in [0.15, 0.2) is 17.5 Å². The molecule has 6 heteroatoms. The zero-order chi connectivity index (χ0) is 20.4. The summed E-state index contributed by atoms with van der Waals surface area (Å²) in [6.07, 6.45) is 0. The molecule has 0 unspecified atom stereocenters. The van der Waals surface area contributed by atoms with E-state index in [1.165, 1.54) is 11.1 Å². The number of hydrogen-bond donors (Lipinski definition) is 2. The second-order valence-electron chi connectivity index (χ2n) is 6.30. The third-order valence-electron chi connectivity index (χ3n) is 4.15. The second kappa shape index (κ2) is 11.1. The molecule has 0 radical (unpaired) electrons. The highest BCUT2D eigenvalue weighted by atomic mass is 16.5. The van der Waals surface area contributed by atoms with Gasteiger partial charge in [-0.15, -0.1) is 0 Å². The van der Waals surface area contributed by atoms with Gasteiger partial charge in [-0.25, -0.2) is 4.99 Å². The van der Waals surface area contributed by atoms with Gasteiger partial charge in [-0.3, -0.25) is 0 Å². The van der Waals surface area contributed by atoms with Crippen molar-refractivity contribution in [1.29, 1.82) is 0 Å². The van der Waals surface area contributed by atoms with Crippen LogP contribution in [0.1, 0.15) is 30.5 Å². The molecule has 28 heavy (non-hydrogen) atoms. The third kappa shape index (κ3) is 6.08. The van der Waals surface area contributed by atoms with Crippen LogP contribution in [0, 0.1) is 6.92 Å². The number of aryl methyl sites for hydroxylation is 1. The number of guanidine groups is 1. The van der Waals surface area contributed by atoms with Gasteiger partial charge in [0.1, 0.15) is 0 Å². The van der Waals surface area contributed by atoms with Gasteiger partial charge in [-0.2, -0.15) is 0 Å². The van der Waals surface area contributed by atoms with Crippen molar-refractivity contribution in [2.45, 2.75) is 33.9 Å². The highest BCUT2D eigenvalue weighted by molar-refractivity contribution is 5.79. The number of nitrogens with one attached hydrogen (secondary N) is 2. The molecule has 0 amide bonds. The minimum absolute atomic E-state index is 0.488. The van der Waals surface area contributed by atoms with Gasteiger partial charge in [-0.1, -0.05) is 29.8 Å². The van der Waals surface area contributed by atoms with Gasteiger partial charge in [0.25, 0.3) is 0 Å². The molecular formula is C22H31N3O3. The Balaban J connectivity index is 2.13. The largest absolute Gasteiger partial charge is 0.493 e. The van der Waals surface area contributed by atoms with Gasteiger partial charge in [-0.05, 0) is 44.0 Å². The van der Waals surface area contributed by atoms with E-state index in [1.54, 1.807) is 14.2 Å². The van der Waals surface area contributed by atoms with E-state index in [0.717, 1.165) is 18.1 Å². The number of aliphatic imine (C=N–C) groups is 1. The summed E-state index contributed by atoms with van der Waals surface area (Å²) in [4.78, 5) is 4.69. The first-order chi connectivity index (χ1) is 13.6. The number of rotatable bonds is 9. The lowest BCUT2D eigenvalue weighted by atomic mass is 10.1. The first-order valence-electron chi connectivity index (χ1n) is 9.56. The summed E-state index contributed by atoms with van der Waals surface area (Å²) in [5.41, 5.74) is 3.44.